The summed E-state index contributed by atoms with van der Waals surface area (Å²) in [5, 5.41) is 30.7. The number of amidine groups is 1. The topological polar surface area (TPSA) is 97.5 Å². The zero-order valence-corrected chi connectivity index (χ0v) is 16.8. The van der Waals surface area contributed by atoms with E-state index in [2.05, 4.69) is 17.3 Å². The highest BCUT2D eigenvalue weighted by molar-refractivity contribution is 8.13. The van der Waals surface area contributed by atoms with Gasteiger partial charge in [0, 0.05) is 16.5 Å². The van der Waals surface area contributed by atoms with Gasteiger partial charge in [0.05, 0.1) is 5.36 Å². The van der Waals surface area contributed by atoms with E-state index in [9.17, 15) is 15.0 Å². The van der Waals surface area contributed by atoms with Gasteiger partial charge < -0.3 is 10.2 Å². The van der Waals surface area contributed by atoms with E-state index in [4.69, 9.17) is 4.99 Å². The van der Waals surface area contributed by atoms with Crippen LogP contribution in [-0.4, -0.2) is 32.0 Å². The molecule has 1 amide bonds. The predicted molar refractivity (Wildman–Crippen MR) is 113 cm³/mol. The van der Waals surface area contributed by atoms with Crippen molar-refractivity contribution in [3.63, 3.8) is 0 Å². The number of amides is 1. The van der Waals surface area contributed by atoms with Gasteiger partial charge in [-0.2, -0.15) is 0 Å². The van der Waals surface area contributed by atoms with Crippen molar-refractivity contribution >= 4 is 28.5 Å². The second-order valence-electron chi connectivity index (χ2n) is 6.88. The lowest BCUT2D eigenvalue weighted by molar-refractivity contribution is -0.116. The fourth-order valence-electron chi connectivity index (χ4n) is 3.33. The number of benzene rings is 2. The van der Waals surface area contributed by atoms with Crippen molar-refractivity contribution in [2.45, 2.75) is 32.4 Å². The van der Waals surface area contributed by atoms with Crippen LogP contribution in [0.15, 0.2) is 52.6 Å². The minimum atomic E-state index is -0.622. The van der Waals surface area contributed by atoms with Crippen molar-refractivity contribution in [2.75, 3.05) is 5.75 Å². The Morgan fingerprint density at radius 1 is 1.14 bits per heavy atom. The Kier molecular flexibility index (Phi) is 5.44. The number of para-hydroxylation sites is 1. The first-order valence-electron chi connectivity index (χ1n) is 9.59. The molecule has 0 fully saturated rings. The highest BCUT2D eigenvalue weighted by Crippen LogP contribution is 2.34. The van der Waals surface area contributed by atoms with Gasteiger partial charge >= 0.3 is 0 Å². The zero-order chi connectivity index (χ0) is 20.4. The molecular formula is C21H22N4O3S. The van der Waals surface area contributed by atoms with Gasteiger partial charge in [-0.3, -0.25) is 15.1 Å². The first kappa shape index (κ1) is 19.3. The maximum Gasteiger partial charge on any atom is 0.276 e. The van der Waals surface area contributed by atoms with Crippen LogP contribution in [0.3, 0.4) is 0 Å². The van der Waals surface area contributed by atoms with Crippen LogP contribution >= 0.6 is 11.8 Å². The maximum absolute atomic E-state index is 13.0. The Morgan fingerprint density at radius 2 is 1.97 bits per heavy atom. The molecule has 2 aliphatic heterocycles. The first-order chi connectivity index (χ1) is 14.1. The van der Waals surface area contributed by atoms with Gasteiger partial charge in [0.15, 0.2) is 22.8 Å². The molecular weight excluding hydrogens is 388 g/mol. The van der Waals surface area contributed by atoms with Gasteiger partial charge in [-0.05, 0) is 24.6 Å². The van der Waals surface area contributed by atoms with Gasteiger partial charge in [0.2, 0.25) is 0 Å². The quantitative estimate of drug-likeness (QED) is 0.518. The third-order valence-corrected chi connectivity index (χ3v) is 5.75. The number of fused-ring (bicyclic) bond motifs is 2. The van der Waals surface area contributed by atoms with E-state index in [1.54, 1.807) is 11.1 Å². The molecule has 4 rings (SSSR count). The summed E-state index contributed by atoms with van der Waals surface area (Å²) in [6.07, 6.45) is 2.69. The standard InChI is InChI=1S/C21H22N4O3S/c1-2-3-6-11-29-21-23-20(28)18-14-7-4-5-8-15(14)22-19(25(18)24-21)13-9-10-16(26)17(27)12-13/h4-5,7-10,12,19,26-27H,2-3,6,11H2,1H3,(H,23,24,28). The number of nitrogens with one attached hydrogen (secondary N) is 1. The molecule has 2 aromatic rings. The van der Waals surface area contributed by atoms with Gasteiger partial charge in [-0.1, -0.05) is 55.8 Å². The minimum Gasteiger partial charge on any atom is -0.504 e. The van der Waals surface area contributed by atoms with E-state index in [0.29, 0.717) is 27.0 Å². The normalized spacial score (nSPS) is 17.8. The molecule has 2 heterocycles. The molecule has 3 N–H and O–H groups in total. The van der Waals surface area contributed by atoms with E-state index in [1.165, 1.54) is 23.9 Å². The molecule has 7 nitrogen and oxygen atoms in total. The number of aromatic hydroxyl groups is 2. The number of hydrogen-bond donors (Lipinski definition) is 3. The molecule has 0 radical (unpaired) electrons. The van der Waals surface area contributed by atoms with E-state index in [0.717, 1.165) is 25.0 Å². The largest absolute Gasteiger partial charge is 0.504 e. The predicted octanol–water partition coefficient (Wildman–Crippen LogP) is 2.16. The molecule has 0 aliphatic carbocycles. The number of rotatable bonds is 5. The Balaban J connectivity index is 1.78. The summed E-state index contributed by atoms with van der Waals surface area (Å²) >= 11 is 1.51. The lowest BCUT2D eigenvalue weighted by atomic mass is 10.1. The summed E-state index contributed by atoms with van der Waals surface area (Å²) in [6.45, 7) is 2.15. The lowest BCUT2D eigenvalue weighted by Crippen LogP contribution is -2.50. The number of hydrogen-bond acceptors (Lipinski definition) is 7. The molecule has 2 aliphatic rings. The van der Waals surface area contributed by atoms with Crippen molar-refractivity contribution in [1.82, 2.24) is 10.3 Å². The molecule has 0 aromatic heterocycles. The molecule has 2 aromatic carbocycles. The fourth-order valence-corrected chi connectivity index (χ4v) is 4.18. The number of thioether (sulfide) groups is 1. The highest BCUT2D eigenvalue weighted by Gasteiger charge is 2.34. The van der Waals surface area contributed by atoms with E-state index < -0.39 is 6.17 Å². The Hall–Kier alpha value is -3.00. The Bertz CT molecular complexity index is 1100. The van der Waals surface area contributed by atoms with Gasteiger partial charge in [-0.25, -0.2) is 5.01 Å². The van der Waals surface area contributed by atoms with E-state index in [-0.39, 0.29) is 17.4 Å². The first-order valence-corrected chi connectivity index (χ1v) is 10.6. The Morgan fingerprint density at radius 3 is 2.76 bits per heavy atom. The van der Waals surface area contributed by atoms with E-state index in [1.807, 2.05) is 24.3 Å². The Labute approximate surface area is 172 Å². The second kappa shape index (κ2) is 8.16. The maximum atomic E-state index is 13.0. The van der Waals surface area contributed by atoms with Crippen molar-refractivity contribution in [2.24, 2.45) is 10.1 Å². The third kappa shape index (κ3) is 3.80. The summed E-state index contributed by atoms with van der Waals surface area (Å²) in [5.74, 6) is 0.196. The number of nitrogens with zero attached hydrogens (tertiary/aromatic N) is 3. The van der Waals surface area contributed by atoms with Crippen LogP contribution in [0.1, 0.15) is 37.9 Å². The van der Waals surface area contributed by atoms with Gasteiger partial charge in [0.1, 0.15) is 5.70 Å². The smallest absolute Gasteiger partial charge is 0.276 e. The number of phenols is 2. The number of carbonyl (C=O) groups is 1. The molecule has 0 bridgehead atoms. The number of phenolic OH excluding ortho intramolecular Hbond substituents is 2. The van der Waals surface area contributed by atoms with Crippen molar-refractivity contribution in [3.8, 4) is 11.5 Å². The van der Waals surface area contributed by atoms with Gasteiger partial charge in [0.25, 0.3) is 5.91 Å². The molecule has 1 unspecified atom stereocenters. The van der Waals surface area contributed by atoms with Gasteiger partial charge in [-0.15, -0.1) is 5.10 Å². The second-order valence-corrected chi connectivity index (χ2v) is 7.96. The number of carbonyl (C=O) groups excluding carboxylic acids is 1. The molecule has 0 saturated heterocycles. The lowest BCUT2D eigenvalue weighted by Gasteiger charge is -2.34. The van der Waals surface area contributed by atoms with Crippen LogP contribution in [-0.2, 0) is 4.79 Å². The summed E-state index contributed by atoms with van der Waals surface area (Å²) in [4.78, 5) is 17.7. The van der Waals surface area contributed by atoms with Crippen molar-refractivity contribution in [1.29, 1.82) is 0 Å². The molecule has 150 valence electrons. The minimum absolute atomic E-state index is 0.207. The summed E-state index contributed by atoms with van der Waals surface area (Å²) < 4.78 is 0. The third-order valence-electron chi connectivity index (χ3n) is 4.80. The summed E-state index contributed by atoms with van der Waals surface area (Å²) in [6, 6.07) is 11.9. The van der Waals surface area contributed by atoms with Crippen molar-refractivity contribution in [3.05, 3.63) is 58.6 Å². The van der Waals surface area contributed by atoms with Crippen LogP contribution in [0.4, 0.5) is 0 Å². The average molecular weight is 410 g/mol. The highest BCUT2D eigenvalue weighted by atomic mass is 32.2. The fraction of sp³-hybridized carbons (Fsp3) is 0.286. The van der Waals surface area contributed by atoms with Crippen molar-refractivity contribution < 1.29 is 15.0 Å². The van der Waals surface area contributed by atoms with E-state index >= 15 is 0 Å². The summed E-state index contributed by atoms with van der Waals surface area (Å²) in [5.41, 5.74) is 1.05. The molecule has 8 heteroatoms. The number of unbranched alkanes of at least 4 members (excludes halogenated alkanes) is 2. The zero-order valence-electron chi connectivity index (χ0n) is 16.0. The molecule has 0 saturated carbocycles. The van der Waals surface area contributed by atoms with Crippen LogP contribution in [0.5, 0.6) is 11.5 Å². The molecule has 1 atom stereocenters. The monoisotopic (exact) mass is 410 g/mol. The van der Waals surface area contributed by atoms with Crippen LogP contribution in [0.25, 0.3) is 5.70 Å². The average Bonchev–Trinajstić information content (AvgIpc) is 2.72. The molecule has 0 spiro atoms. The SMILES string of the molecule is CCCCCSC1=NN2C(=c3ccccc3=NC2c2ccc(O)c(O)c2)C(=O)N1. The van der Waals surface area contributed by atoms with Crippen LogP contribution in [0.2, 0.25) is 0 Å². The molecule has 29 heavy (non-hydrogen) atoms. The number of hydrazone groups is 1. The van der Waals surface area contributed by atoms with Crippen LogP contribution in [0, 0.1) is 0 Å². The summed E-state index contributed by atoms with van der Waals surface area (Å²) in [7, 11) is 0. The van der Waals surface area contributed by atoms with Crippen LogP contribution < -0.4 is 15.9 Å².